The van der Waals surface area contributed by atoms with Crippen molar-refractivity contribution in [1.82, 2.24) is 14.8 Å². The van der Waals surface area contributed by atoms with E-state index in [1.54, 1.807) is 7.11 Å². The van der Waals surface area contributed by atoms with Gasteiger partial charge in [0.15, 0.2) is 0 Å². The lowest BCUT2D eigenvalue weighted by atomic mass is 9.68. The average Bonchev–Trinajstić information content (AvgIpc) is 3.16. The van der Waals surface area contributed by atoms with E-state index in [0.29, 0.717) is 31.1 Å². The predicted molar refractivity (Wildman–Crippen MR) is 125 cm³/mol. The molecule has 0 radical (unpaired) electrons. The topological polar surface area (TPSA) is 68.8 Å². The maximum absolute atomic E-state index is 12.4. The van der Waals surface area contributed by atoms with Crippen LogP contribution >= 0.6 is 11.6 Å². The first kappa shape index (κ1) is 21.3. The predicted octanol–water partition coefficient (Wildman–Crippen LogP) is 3.87. The Kier molecular flexibility index (Phi) is 5.40. The first-order valence-corrected chi connectivity index (χ1v) is 11.4. The molecule has 0 saturated carbocycles. The third-order valence-corrected chi connectivity index (χ3v) is 7.21. The van der Waals surface area contributed by atoms with Gasteiger partial charge in [-0.25, -0.2) is 0 Å². The van der Waals surface area contributed by atoms with E-state index in [9.17, 15) is 9.90 Å². The van der Waals surface area contributed by atoms with Crippen LogP contribution in [0, 0.1) is 0 Å². The second-order valence-corrected chi connectivity index (χ2v) is 9.38. The van der Waals surface area contributed by atoms with E-state index >= 15 is 0 Å². The van der Waals surface area contributed by atoms with Gasteiger partial charge in [-0.1, -0.05) is 30.7 Å². The number of aromatic amines is 1. The van der Waals surface area contributed by atoms with Gasteiger partial charge in [0, 0.05) is 65.7 Å². The lowest BCUT2D eigenvalue weighted by Gasteiger charge is -2.56. The van der Waals surface area contributed by atoms with Crippen molar-refractivity contribution in [1.29, 1.82) is 0 Å². The Balaban J connectivity index is 1.59. The van der Waals surface area contributed by atoms with Crippen molar-refractivity contribution in [3.63, 3.8) is 0 Å². The highest BCUT2D eigenvalue weighted by atomic mass is 35.5. The van der Waals surface area contributed by atoms with Crippen LogP contribution < -0.4 is 4.74 Å². The van der Waals surface area contributed by atoms with Gasteiger partial charge in [0.25, 0.3) is 0 Å². The molecule has 32 heavy (non-hydrogen) atoms. The highest BCUT2D eigenvalue weighted by Crippen LogP contribution is 2.49. The van der Waals surface area contributed by atoms with Crippen LogP contribution in [0.2, 0.25) is 5.02 Å². The van der Waals surface area contributed by atoms with Crippen molar-refractivity contribution >= 4 is 28.4 Å². The zero-order chi connectivity index (χ0) is 22.5. The highest BCUT2D eigenvalue weighted by molar-refractivity contribution is 6.30. The summed E-state index contributed by atoms with van der Waals surface area (Å²) in [5.74, 6) is 0.979. The first-order valence-electron chi connectivity index (χ1n) is 11.0. The van der Waals surface area contributed by atoms with E-state index in [1.165, 1.54) is 5.56 Å². The van der Waals surface area contributed by atoms with Crippen molar-refractivity contribution in [2.24, 2.45) is 0 Å². The number of nitrogens with one attached hydrogen (secondary N) is 1. The molecule has 0 aliphatic carbocycles. The molecular formula is C25H28ClN3O3. The maximum atomic E-state index is 12.4. The number of amides is 1. The molecule has 168 valence electrons. The smallest absolute Gasteiger partial charge is 0.222 e. The number of aliphatic hydroxyl groups excluding tert-OH is 1. The highest BCUT2D eigenvalue weighted by Gasteiger charge is 2.53. The van der Waals surface area contributed by atoms with E-state index in [4.69, 9.17) is 16.3 Å². The summed E-state index contributed by atoms with van der Waals surface area (Å²) in [5, 5.41) is 12.3. The van der Waals surface area contributed by atoms with Gasteiger partial charge in [-0.2, -0.15) is 0 Å². The van der Waals surface area contributed by atoms with Gasteiger partial charge < -0.3 is 19.7 Å². The molecule has 2 aliphatic heterocycles. The van der Waals surface area contributed by atoms with Crippen molar-refractivity contribution in [3.8, 4) is 5.75 Å². The largest absolute Gasteiger partial charge is 0.497 e. The fourth-order valence-corrected chi connectivity index (χ4v) is 5.57. The molecule has 5 rings (SSSR count). The minimum absolute atomic E-state index is 0.0121. The number of fused-ring (bicyclic) bond motifs is 4. The van der Waals surface area contributed by atoms with E-state index in [-0.39, 0.29) is 24.0 Å². The Bertz CT molecular complexity index is 1150. The number of benzene rings is 2. The number of H-pyrrole nitrogens is 1. The number of likely N-dealkylation sites (tertiary alicyclic amines) is 1. The van der Waals surface area contributed by atoms with Crippen molar-refractivity contribution in [2.45, 2.75) is 31.3 Å². The van der Waals surface area contributed by atoms with Crippen LogP contribution in [0.15, 0.2) is 42.5 Å². The third kappa shape index (κ3) is 3.38. The minimum atomic E-state index is -0.162. The first-order chi connectivity index (χ1) is 15.5. The second kappa shape index (κ2) is 8.10. The fourth-order valence-electron chi connectivity index (χ4n) is 5.45. The van der Waals surface area contributed by atoms with Gasteiger partial charge in [-0.05, 0) is 35.4 Å². The molecular weight excluding hydrogens is 426 g/mol. The van der Waals surface area contributed by atoms with E-state index in [2.05, 4.69) is 16.0 Å². The van der Waals surface area contributed by atoms with Gasteiger partial charge in [-0.3, -0.25) is 9.69 Å². The molecule has 2 aromatic carbocycles. The Morgan fingerprint density at radius 3 is 2.62 bits per heavy atom. The molecule has 6 nitrogen and oxygen atoms in total. The minimum Gasteiger partial charge on any atom is -0.497 e. The summed E-state index contributed by atoms with van der Waals surface area (Å²) in [4.78, 5) is 20.2. The molecule has 3 heterocycles. The van der Waals surface area contributed by atoms with Crippen LogP contribution in [0.5, 0.6) is 5.75 Å². The molecule has 0 unspecified atom stereocenters. The molecule has 1 spiro atoms. The number of aromatic nitrogens is 1. The number of ether oxygens (including phenoxy) is 1. The molecule has 1 fully saturated rings. The molecule has 1 atom stereocenters. The Hall–Kier alpha value is -2.54. The molecule has 1 aromatic heterocycles. The van der Waals surface area contributed by atoms with Crippen molar-refractivity contribution in [2.75, 3.05) is 33.4 Å². The lowest BCUT2D eigenvalue weighted by Crippen LogP contribution is -2.67. The Morgan fingerprint density at radius 2 is 1.97 bits per heavy atom. The summed E-state index contributed by atoms with van der Waals surface area (Å²) in [6, 6.07) is 13.8. The van der Waals surface area contributed by atoms with Crippen LogP contribution in [-0.2, 0) is 16.8 Å². The normalized spacial score (nSPS) is 19.8. The standard InChI is InChI=1S/C25H28ClN3O3/c1-3-22(31)29-14-25(15-29)13-28(11-16-4-6-17(26)7-5-16)21(12-30)24-23(25)19-9-8-18(32-2)10-20(19)27-24/h4-10,21,27,30H,3,11-15H2,1-2H3/t21-/m1/s1. The third-order valence-electron chi connectivity index (χ3n) is 6.96. The van der Waals surface area contributed by atoms with Gasteiger partial charge in [-0.15, -0.1) is 0 Å². The molecule has 1 amide bonds. The van der Waals surface area contributed by atoms with Crippen LogP contribution in [-0.4, -0.2) is 59.1 Å². The summed E-state index contributed by atoms with van der Waals surface area (Å²) in [7, 11) is 1.66. The summed E-state index contributed by atoms with van der Waals surface area (Å²) in [5.41, 5.74) is 4.26. The number of carbonyl (C=O) groups excluding carboxylic acids is 1. The summed E-state index contributed by atoms with van der Waals surface area (Å²) < 4.78 is 5.43. The number of aliphatic hydroxyl groups is 1. The number of methoxy groups -OCH3 is 1. The number of rotatable bonds is 5. The van der Waals surface area contributed by atoms with Crippen LogP contribution in [0.1, 0.15) is 36.2 Å². The van der Waals surface area contributed by atoms with Gasteiger partial charge >= 0.3 is 0 Å². The fraction of sp³-hybridized carbons (Fsp3) is 0.400. The Labute approximate surface area is 192 Å². The zero-order valence-electron chi connectivity index (χ0n) is 18.4. The zero-order valence-corrected chi connectivity index (χ0v) is 19.2. The van der Waals surface area contributed by atoms with Gasteiger partial charge in [0.1, 0.15) is 5.75 Å². The van der Waals surface area contributed by atoms with Crippen molar-refractivity contribution in [3.05, 3.63) is 64.3 Å². The summed E-state index contributed by atoms with van der Waals surface area (Å²) in [6.45, 7) is 4.79. The molecule has 2 aliphatic rings. The lowest BCUT2D eigenvalue weighted by molar-refractivity contribution is -0.140. The SMILES string of the molecule is CCC(=O)N1CC2(C1)CN(Cc1ccc(Cl)cc1)[C@H](CO)c1[nH]c3cc(OC)ccc3c12. The monoisotopic (exact) mass is 453 g/mol. The Morgan fingerprint density at radius 1 is 1.22 bits per heavy atom. The summed E-state index contributed by atoms with van der Waals surface area (Å²) >= 11 is 6.08. The number of carbonyl (C=O) groups is 1. The molecule has 2 N–H and O–H groups in total. The van der Waals surface area contributed by atoms with E-state index < -0.39 is 0 Å². The average molecular weight is 454 g/mol. The molecule has 0 bridgehead atoms. The summed E-state index contributed by atoms with van der Waals surface area (Å²) in [6.07, 6.45) is 0.516. The molecule has 1 saturated heterocycles. The van der Waals surface area contributed by atoms with Gasteiger partial charge in [0.2, 0.25) is 5.91 Å². The van der Waals surface area contributed by atoms with Crippen LogP contribution in [0.3, 0.4) is 0 Å². The van der Waals surface area contributed by atoms with E-state index in [1.807, 2.05) is 48.2 Å². The van der Waals surface area contributed by atoms with Crippen molar-refractivity contribution < 1.29 is 14.6 Å². The quantitative estimate of drug-likeness (QED) is 0.615. The number of hydrogen-bond acceptors (Lipinski definition) is 4. The van der Waals surface area contributed by atoms with E-state index in [0.717, 1.165) is 34.5 Å². The maximum Gasteiger partial charge on any atom is 0.222 e. The van der Waals surface area contributed by atoms with Crippen LogP contribution in [0.25, 0.3) is 10.9 Å². The molecule has 3 aromatic rings. The molecule has 7 heteroatoms. The number of nitrogens with zero attached hydrogens (tertiary/aromatic N) is 2. The van der Waals surface area contributed by atoms with Gasteiger partial charge in [0.05, 0.1) is 19.8 Å². The number of halogens is 1. The number of hydrogen-bond donors (Lipinski definition) is 2. The second-order valence-electron chi connectivity index (χ2n) is 8.94. The van der Waals surface area contributed by atoms with Crippen LogP contribution in [0.4, 0.5) is 0 Å².